The highest BCUT2D eigenvalue weighted by Gasteiger charge is 2.27. The zero-order valence-corrected chi connectivity index (χ0v) is 30.3. The molecule has 0 atom stereocenters. The summed E-state index contributed by atoms with van der Waals surface area (Å²) in [4.78, 5) is 35.8. The van der Waals surface area contributed by atoms with Gasteiger partial charge >= 0.3 is 0 Å². The maximum absolute atomic E-state index is 14.5. The van der Waals surface area contributed by atoms with E-state index in [1.807, 2.05) is 52.9 Å². The van der Waals surface area contributed by atoms with Crippen LogP contribution in [-0.2, 0) is 13.6 Å². The van der Waals surface area contributed by atoms with Crippen LogP contribution >= 0.6 is 17.0 Å². The second-order valence-electron chi connectivity index (χ2n) is 11.9. The minimum absolute atomic E-state index is 0. The van der Waals surface area contributed by atoms with E-state index in [1.54, 1.807) is 12.1 Å². The van der Waals surface area contributed by atoms with Crippen LogP contribution in [0.2, 0.25) is 0 Å². The molecule has 1 saturated heterocycles. The summed E-state index contributed by atoms with van der Waals surface area (Å²) in [5.74, 6) is -5.03. The van der Waals surface area contributed by atoms with Crippen LogP contribution in [0.25, 0.3) is 10.9 Å². The number of piperazine rings is 1. The first-order valence-electron chi connectivity index (χ1n) is 16.1. The number of aromatic nitrogens is 2. The lowest BCUT2D eigenvalue weighted by molar-refractivity contribution is 0.0619. The van der Waals surface area contributed by atoms with E-state index in [4.69, 9.17) is 9.47 Å². The molecule has 0 unspecified atom stereocenters. The van der Waals surface area contributed by atoms with Crippen LogP contribution < -0.4 is 19.1 Å². The zero-order chi connectivity index (χ0) is 36.2. The number of halogens is 5. The Morgan fingerprint density at radius 3 is 2.27 bits per heavy atom. The van der Waals surface area contributed by atoms with Gasteiger partial charge in [0.25, 0.3) is 11.8 Å². The monoisotopic (exact) mass is 785 g/mol. The summed E-state index contributed by atoms with van der Waals surface area (Å²) in [7, 11) is 4.13. The molecule has 15 heteroatoms. The zero-order valence-electron chi connectivity index (χ0n) is 28.6. The summed E-state index contributed by atoms with van der Waals surface area (Å²) < 4.78 is 72.8. The first-order chi connectivity index (χ1) is 24.6. The standard InChI is InChI=1S/C37H35F4N5O5.BrH/c1-43(36(47)28-20-29(39)35(49-3)34(41)33(28)40)25-7-11-32(42-21-25)51-27-10-6-24-18-31(44(2)30(24)19-27)37(48)46-15-13-45(14-16-46)22-23-4-8-26(9-5-23)50-17-12-38;/h4-11,18-21H,12-17,22H2,1-3H3;1H. The number of fused-ring (bicyclic) bond motifs is 1. The van der Waals surface area contributed by atoms with Gasteiger partial charge in [-0.25, -0.2) is 18.2 Å². The number of ether oxygens (including phenoxy) is 3. The molecule has 1 aliphatic rings. The third kappa shape index (κ3) is 8.00. The van der Waals surface area contributed by atoms with Crippen molar-refractivity contribution in [3.63, 3.8) is 0 Å². The Labute approximate surface area is 307 Å². The summed E-state index contributed by atoms with van der Waals surface area (Å²) in [5, 5.41) is 0.854. The molecule has 0 aliphatic carbocycles. The molecule has 0 bridgehead atoms. The second kappa shape index (κ2) is 16.5. The van der Waals surface area contributed by atoms with E-state index >= 15 is 0 Å². The van der Waals surface area contributed by atoms with Gasteiger partial charge in [0.15, 0.2) is 17.4 Å². The lowest BCUT2D eigenvalue weighted by Crippen LogP contribution is -2.48. The van der Waals surface area contributed by atoms with Crippen LogP contribution in [0.4, 0.5) is 23.2 Å². The molecule has 0 spiro atoms. The van der Waals surface area contributed by atoms with Gasteiger partial charge in [-0.3, -0.25) is 14.5 Å². The van der Waals surface area contributed by atoms with Gasteiger partial charge < -0.3 is 28.6 Å². The van der Waals surface area contributed by atoms with E-state index in [9.17, 15) is 27.2 Å². The number of hydrogen-bond donors (Lipinski definition) is 0. The van der Waals surface area contributed by atoms with Crippen molar-refractivity contribution in [3.05, 3.63) is 107 Å². The van der Waals surface area contributed by atoms with Gasteiger partial charge in [-0.1, -0.05) is 12.1 Å². The maximum atomic E-state index is 14.5. The predicted octanol–water partition coefficient (Wildman–Crippen LogP) is 6.95. The largest absolute Gasteiger partial charge is 0.491 e. The molecule has 10 nitrogen and oxygen atoms in total. The molecule has 5 aromatic rings. The molecule has 52 heavy (non-hydrogen) atoms. The van der Waals surface area contributed by atoms with Crippen LogP contribution in [0.1, 0.15) is 26.4 Å². The first-order valence-corrected chi connectivity index (χ1v) is 16.1. The van der Waals surface area contributed by atoms with E-state index in [2.05, 4.69) is 14.6 Å². The van der Waals surface area contributed by atoms with Crippen molar-refractivity contribution < 1.29 is 41.4 Å². The van der Waals surface area contributed by atoms with Gasteiger partial charge in [0, 0.05) is 64.3 Å². The van der Waals surface area contributed by atoms with Crippen molar-refractivity contribution >= 4 is 45.4 Å². The Bertz CT molecular complexity index is 2060. The summed E-state index contributed by atoms with van der Waals surface area (Å²) in [5.41, 5.74) is 1.85. The number of benzene rings is 3. The summed E-state index contributed by atoms with van der Waals surface area (Å²) in [6, 6.07) is 18.4. The highest BCUT2D eigenvalue weighted by atomic mass is 79.9. The molecule has 0 N–H and O–H groups in total. The van der Waals surface area contributed by atoms with E-state index in [1.165, 1.54) is 25.4 Å². The number of hydrogen-bond acceptors (Lipinski definition) is 7. The fourth-order valence-electron chi connectivity index (χ4n) is 5.93. The number of rotatable bonds is 11. The van der Waals surface area contributed by atoms with Crippen LogP contribution in [0.15, 0.2) is 72.9 Å². The molecule has 1 aliphatic heterocycles. The molecule has 3 heterocycles. The normalized spacial score (nSPS) is 13.1. The van der Waals surface area contributed by atoms with Crippen molar-refractivity contribution in [3.8, 4) is 23.1 Å². The van der Waals surface area contributed by atoms with Crippen molar-refractivity contribution in [1.82, 2.24) is 19.4 Å². The number of aryl methyl sites for hydroxylation is 1. The summed E-state index contributed by atoms with van der Waals surface area (Å²) >= 11 is 0. The molecular weight excluding hydrogens is 750 g/mol. The Morgan fingerprint density at radius 1 is 0.904 bits per heavy atom. The van der Waals surface area contributed by atoms with Gasteiger partial charge in [-0.05, 0) is 48.0 Å². The lowest BCUT2D eigenvalue weighted by atomic mass is 10.1. The predicted molar refractivity (Wildman–Crippen MR) is 192 cm³/mol. The number of methoxy groups -OCH3 is 1. The van der Waals surface area contributed by atoms with Crippen LogP contribution in [0.5, 0.6) is 23.1 Å². The molecule has 0 saturated carbocycles. The van der Waals surface area contributed by atoms with Gasteiger partial charge in [0.05, 0.1) is 30.1 Å². The molecular formula is C37H36BrF4N5O5. The smallest absolute Gasteiger partial charge is 0.270 e. The first kappa shape index (κ1) is 38.1. The van der Waals surface area contributed by atoms with Crippen molar-refractivity contribution in [2.45, 2.75) is 6.54 Å². The van der Waals surface area contributed by atoms with Crippen LogP contribution in [-0.4, -0.2) is 84.8 Å². The van der Waals surface area contributed by atoms with E-state index in [0.29, 0.717) is 36.3 Å². The number of nitrogens with zero attached hydrogens (tertiary/aromatic N) is 5. The third-order valence-electron chi connectivity index (χ3n) is 8.76. The number of carbonyl (C=O) groups excluding carboxylic acids is 2. The molecule has 6 rings (SSSR count). The molecule has 274 valence electrons. The fourth-order valence-corrected chi connectivity index (χ4v) is 5.93. The van der Waals surface area contributed by atoms with Gasteiger partial charge in [0.2, 0.25) is 11.7 Å². The minimum Gasteiger partial charge on any atom is -0.491 e. The molecule has 0 radical (unpaired) electrons. The number of carbonyl (C=O) groups is 2. The molecule has 3 aromatic carbocycles. The fraction of sp³-hybridized carbons (Fsp3) is 0.270. The van der Waals surface area contributed by atoms with Gasteiger partial charge in [-0.2, -0.15) is 4.39 Å². The quantitative estimate of drug-likeness (QED) is 0.106. The minimum atomic E-state index is -1.60. The Morgan fingerprint density at radius 2 is 1.62 bits per heavy atom. The van der Waals surface area contributed by atoms with Crippen molar-refractivity contribution in [2.75, 3.05) is 58.5 Å². The molecule has 1 fully saturated rings. The molecule has 2 amide bonds. The third-order valence-corrected chi connectivity index (χ3v) is 8.76. The highest BCUT2D eigenvalue weighted by Crippen LogP contribution is 2.30. The van der Waals surface area contributed by atoms with Crippen LogP contribution in [0, 0.1) is 17.5 Å². The van der Waals surface area contributed by atoms with E-state index in [0.717, 1.165) is 48.1 Å². The number of alkyl halides is 1. The average molecular weight is 787 g/mol. The number of pyridine rings is 1. The van der Waals surface area contributed by atoms with Crippen LogP contribution in [0.3, 0.4) is 0 Å². The van der Waals surface area contributed by atoms with Crippen molar-refractivity contribution in [2.24, 2.45) is 7.05 Å². The molecule has 2 aromatic heterocycles. The van der Waals surface area contributed by atoms with Gasteiger partial charge in [-0.15, -0.1) is 17.0 Å². The summed E-state index contributed by atoms with van der Waals surface area (Å²) in [6.45, 7) is 2.84. The average Bonchev–Trinajstić information content (AvgIpc) is 3.48. The second-order valence-corrected chi connectivity index (χ2v) is 11.9. The maximum Gasteiger partial charge on any atom is 0.270 e. The van der Waals surface area contributed by atoms with Gasteiger partial charge in [0.1, 0.15) is 30.5 Å². The Balaban J connectivity index is 0.00000523. The van der Waals surface area contributed by atoms with E-state index < -0.39 is 41.3 Å². The number of anilines is 1. The summed E-state index contributed by atoms with van der Waals surface area (Å²) in [6.07, 6.45) is 1.31. The lowest BCUT2D eigenvalue weighted by Gasteiger charge is -2.34. The topological polar surface area (TPSA) is 89.4 Å². The highest BCUT2D eigenvalue weighted by molar-refractivity contribution is 8.93. The SMILES string of the molecule is Br.COc1c(F)cc(C(=O)N(C)c2ccc(Oc3ccc4cc(C(=O)N5CCN(Cc6ccc(OCCF)cc6)CC5)n(C)c4c3)nc2)c(F)c1F. The Hall–Kier alpha value is -5.15. The number of amides is 2. The van der Waals surface area contributed by atoms with E-state index in [-0.39, 0.29) is 41.1 Å². The Kier molecular flexibility index (Phi) is 12.1. The van der Waals surface area contributed by atoms with Crippen molar-refractivity contribution in [1.29, 1.82) is 0 Å².